The summed E-state index contributed by atoms with van der Waals surface area (Å²) in [4.78, 5) is 0. The van der Waals surface area contributed by atoms with Crippen molar-refractivity contribution in [3.8, 4) is 0 Å². The Morgan fingerprint density at radius 2 is 1.94 bits per heavy atom. The second-order valence-electron chi connectivity index (χ2n) is 5.93. The van der Waals surface area contributed by atoms with E-state index in [2.05, 4.69) is 32.1 Å². The van der Waals surface area contributed by atoms with E-state index in [0.29, 0.717) is 0 Å². The zero-order valence-electron chi connectivity index (χ0n) is 10.9. The third-order valence-corrected chi connectivity index (χ3v) is 4.35. The molecule has 0 radical (unpaired) electrons. The van der Waals surface area contributed by atoms with Crippen LogP contribution in [0.15, 0.2) is 23.8 Å². The molecule has 3 atom stereocenters. The van der Waals surface area contributed by atoms with Crippen molar-refractivity contribution in [1.29, 1.82) is 0 Å². The van der Waals surface area contributed by atoms with Crippen LogP contribution in [0.4, 0.5) is 0 Å². The summed E-state index contributed by atoms with van der Waals surface area (Å²) in [6.07, 6.45) is 17.1. The van der Waals surface area contributed by atoms with Crippen LogP contribution < -0.4 is 0 Å². The van der Waals surface area contributed by atoms with Crippen molar-refractivity contribution >= 4 is 0 Å². The van der Waals surface area contributed by atoms with Crippen LogP contribution in [0.3, 0.4) is 0 Å². The molecule has 0 aliphatic heterocycles. The molecule has 0 aromatic heterocycles. The molecular weight excluding hydrogens is 192 g/mol. The van der Waals surface area contributed by atoms with Crippen molar-refractivity contribution in [2.24, 2.45) is 17.8 Å². The molecule has 0 aromatic carbocycles. The maximum Gasteiger partial charge on any atom is -0.0136 e. The Morgan fingerprint density at radius 1 is 1.06 bits per heavy atom. The molecule has 0 saturated heterocycles. The minimum absolute atomic E-state index is 0.752. The van der Waals surface area contributed by atoms with Gasteiger partial charge in [0.1, 0.15) is 0 Å². The molecule has 0 spiro atoms. The lowest BCUT2D eigenvalue weighted by Gasteiger charge is -2.17. The van der Waals surface area contributed by atoms with E-state index in [1.165, 1.54) is 44.9 Å². The summed E-state index contributed by atoms with van der Waals surface area (Å²) in [6.45, 7) is 4.75. The van der Waals surface area contributed by atoms with Crippen LogP contribution in [0.2, 0.25) is 0 Å². The highest BCUT2D eigenvalue weighted by molar-refractivity contribution is 5.15. The van der Waals surface area contributed by atoms with Crippen LogP contribution in [-0.4, -0.2) is 0 Å². The van der Waals surface area contributed by atoms with Crippen molar-refractivity contribution in [3.05, 3.63) is 23.8 Å². The van der Waals surface area contributed by atoms with Crippen LogP contribution in [0, 0.1) is 17.8 Å². The van der Waals surface area contributed by atoms with Crippen molar-refractivity contribution in [2.75, 3.05) is 0 Å². The molecule has 2 aliphatic carbocycles. The van der Waals surface area contributed by atoms with E-state index in [1.54, 1.807) is 5.57 Å². The largest absolute Gasteiger partial charge is 0.0851 e. The molecule has 0 amide bonds. The van der Waals surface area contributed by atoms with Crippen molar-refractivity contribution in [2.45, 2.75) is 58.8 Å². The third kappa shape index (κ3) is 3.23. The van der Waals surface area contributed by atoms with Gasteiger partial charge < -0.3 is 0 Å². The van der Waals surface area contributed by atoms with Crippen LogP contribution >= 0.6 is 0 Å². The minimum Gasteiger partial charge on any atom is -0.0851 e. The van der Waals surface area contributed by atoms with E-state index in [4.69, 9.17) is 0 Å². The molecule has 0 heterocycles. The summed E-state index contributed by atoms with van der Waals surface area (Å²) in [6, 6.07) is 0. The first-order valence-electron chi connectivity index (χ1n) is 7.11. The van der Waals surface area contributed by atoms with Gasteiger partial charge in [-0.25, -0.2) is 0 Å². The minimum atomic E-state index is 0.752. The van der Waals surface area contributed by atoms with Gasteiger partial charge in [-0.2, -0.15) is 0 Å². The highest BCUT2D eigenvalue weighted by Gasteiger charge is 2.19. The Hall–Kier alpha value is -0.520. The highest BCUT2D eigenvalue weighted by Crippen LogP contribution is 2.34. The molecule has 0 aromatic rings. The Kier molecular flexibility index (Phi) is 4.26. The van der Waals surface area contributed by atoms with E-state index in [9.17, 15) is 0 Å². The predicted molar refractivity (Wildman–Crippen MR) is 71.4 cm³/mol. The van der Waals surface area contributed by atoms with Gasteiger partial charge in [-0.3, -0.25) is 0 Å². The third-order valence-electron chi connectivity index (χ3n) is 4.35. The van der Waals surface area contributed by atoms with E-state index >= 15 is 0 Å². The topological polar surface area (TPSA) is 0 Å². The van der Waals surface area contributed by atoms with E-state index in [1.807, 2.05) is 0 Å². The maximum atomic E-state index is 2.55. The van der Waals surface area contributed by atoms with E-state index < -0.39 is 0 Å². The predicted octanol–water partition coefficient (Wildman–Crippen LogP) is 5.12. The lowest BCUT2D eigenvalue weighted by Crippen LogP contribution is -2.03. The molecule has 2 aliphatic rings. The van der Waals surface area contributed by atoms with Crippen molar-refractivity contribution in [1.82, 2.24) is 0 Å². The number of rotatable bonds is 1. The summed E-state index contributed by atoms with van der Waals surface area (Å²) in [5.74, 6) is 2.62. The molecule has 0 bridgehead atoms. The lowest BCUT2D eigenvalue weighted by atomic mass is 9.88. The Labute approximate surface area is 101 Å². The summed E-state index contributed by atoms with van der Waals surface area (Å²) < 4.78 is 0. The van der Waals surface area contributed by atoms with Gasteiger partial charge in [0.2, 0.25) is 0 Å². The Bertz CT molecular complexity index is 272. The van der Waals surface area contributed by atoms with Gasteiger partial charge in [-0.1, -0.05) is 56.9 Å². The van der Waals surface area contributed by atoms with Crippen molar-refractivity contribution in [3.63, 3.8) is 0 Å². The lowest BCUT2D eigenvalue weighted by molar-refractivity contribution is 0.484. The van der Waals surface area contributed by atoms with Gasteiger partial charge in [-0.05, 0) is 43.4 Å². The number of hydrogen-bond acceptors (Lipinski definition) is 0. The molecule has 0 nitrogen and oxygen atoms in total. The fraction of sp³-hybridized carbons (Fsp3) is 0.750. The summed E-state index contributed by atoms with van der Waals surface area (Å²) in [5.41, 5.74) is 1.75. The average molecular weight is 218 g/mol. The van der Waals surface area contributed by atoms with Gasteiger partial charge in [0, 0.05) is 0 Å². The SMILES string of the molecule is CC1C=CCC(C2CCCC(C)CC2)=CC1. The van der Waals surface area contributed by atoms with E-state index in [0.717, 1.165) is 17.8 Å². The maximum absolute atomic E-state index is 2.55. The van der Waals surface area contributed by atoms with Gasteiger partial charge in [0.25, 0.3) is 0 Å². The van der Waals surface area contributed by atoms with Crippen LogP contribution in [0.25, 0.3) is 0 Å². The molecule has 0 heteroatoms. The molecule has 1 saturated carbocycles. The molecule has 1 fully saturated rings. The summed E-state index contributed by atoms with van der Waals surface area (Å²) >= 11 is 0. The molecule has 16 heavy (non-hydrogen) atoms. The zero-order valence-corrected chi connectivity index (χ0v) is 10.9. The first kappa shape index (κ1) is 12.0. The fourth-order valence-electron chi connectivity index (χ4n) is 3.13. The monoisotopic (exact) mass is 218 g/mol. The quantitative estimate of drug-likeness (QED) is 0.423. The van der Waals surface area contributed by atoms with Gasteiger partial charge >= 0.3 is 0 Å². The second-order valence-corrected chi connectivity index (χ2v) is 5.93. The standard InChI is InChI=1S/C16H26/c1-13-5-3-7-15(11-9-13)16-8-4-6-14(2)10-12-16/h3,5,11,13-14,16H,4,6-10,12H2,1-2H3. The zero-order chi connectivity index (χ0) is 11.4. The van der Waals surface area contributed by atoms with Gasteiger partial charge in [0.15, 0.2) is 0 Å². The van der Waals surface area contributed by atoms with Gasteiger partial charge in [-0.15, -0.1) is 0 Å². The summed E-state index contributed by atoms with van der Waals surface area (Å²) in [5, 5.41) is 0. The van der Waals surface area contributed by atoms with Crippen LogP contribution in [0.5, 0.6) is 0 Å². The Balaban J connectivity index is 1.98. The molecule has 3 unspecified atom stereocenters. The second kappa shape index (κ2) is 5.70. The summed E-state index contributed by atoms with van der Waals surface area (Å²) in [7, 11) is 0. The fourth-order valence-corrected chi connectivity index (χ4v) is 3.13. The van der Waals surface area contributed by atoms with Crippen molar-refractivity contribution < 1.29 is 0 Å². The van der Waals surface area contributed by atoms with E-state index in [-0.39, 0.29) is 0 Å². The highest BCUT2D eigenvalue weighted by atomic mass is 14.2. The molecule has 0 N–H and O–H groups in total. The molecular formula is C16H26. The smallest absolute Gasteiger partial charge is 0.0136 e. The first-order valence-corrected chi connectivity index (χ1v) is 7.11. The van der Waals surface area contributed by atoms with Crippen LogP contribution in [-0.2, 0) is 0 Å². The van der Waals surface area contributed by atoms with Crippen LogP contribution in [0.1, 0.15) is 58.8 Å². The Morgan fingerprint density at radius 3 is 2.81 bits per heavy atom. The normalized spacial score (nSPS) is 36.4. The number of hydrogen-bond donors (Lipinski definition) is 0. The average Bonchev–Trinajstić information content (AvgIpc) is 2.59. The first-order chi connectivity index (χ1) is 7.75. The molecule has 90 valence electrons. The number of allylic oxidation sites excluding steroid dienone is 4. The molecule has 2 rings (SSSR count). The van der Waals surface area contributed by atoms with Gasteiger partial charge in [0.05, 0.1) is 0 Å².